The lowest BCUT2D eigenvalue weighted by Gasteiger charge is -2.11. The molecule has 0 aliphatic rings. The van der Waals surface area contributed by atoms with Gasteiger partial charge in [-0.1, -0.05) is 22.0 Å². The number of carbonyl (C=O) groups is 1. The van der Waals surface area contributed by atoms with Crippen LogP contribution in [-0.4, -0.2) is 19.1 Å². The maximum absolute atomic E-state index is 11.6. The monoisotopic (exact) mass is 285 g/mol. The van der Waals surface area contributed by atoms with Crippen LogP contribution in [0, 0.1) is 0 Å². The number of rotatable bonds is 4. The van der Waals surface area contributed by atoms with Crippen LogP contribution in [0.5, 0.6) is 5.75 Å². The lowest BCUT2D eigenvalue weighted by Crippen LogP contribution is -2.31. The van der Waals surface area contributed by atoms with Gasteiger partial charge in [0.05, 0.1) is 13.5 Å². The average Bonchev–Trinajstić information content (AvgIpc) is 2.19. The summed E-state index contributed by atoms with van der Waals surface area (Å²) >= 11 is 3.36. The highest BCUT2D eigenvalue weighted by Crippen LogP contribution is 2.23. The Morgan fingerprint density at radius 3 is 2.75 bits per heavy atom. The number of hydrogen-bond acceptors (Lipinski definition) is 2. The minimum atomic E-state index is 0.00984. The van der Waals surface area contributed by atoms with Crippen molar-refractivity contribution in [2.75, 3.05) is 7.11 Å². The third-order valence-electron chi connectivity index (χ3n) is 2.05. The molecule has 4 heteroatoms. The molecule has 0 bridgehead atoms. The Morgan fingerprint density at radius 2 is 2.19 bits per heavy atom. The van der Waals surface area contributed by atoms with E-state index in [1.807, 2.05) is 32.0 Å². The fourth-order valence-corrected chi connectivity index (χ4v) is 1.75. The van der Waals surface area contributed by atoms with E-state index in [1.165, 1.54) is 0 Å². The molecule has 0 heterocycles. The number of carbonyl (C=O) groups excluding carboxylic acids is 1. The molecule has 0 atom stereocenters. The van der Waals surface area contributed by atoms with Crippen LogP contribution >= 0.6 is 15.9 Å². The Balaban J connectivity index is 2.76. The number of halogens is 1. The van der Waals surface area contributed by atoms with Crippen molar-refractivity contribution in [3.63, 3.8) is 0 Å². The van der Waals surface area contributed by atoms with Crippen molar-refractivity contribution < 1.29 is 9.53 Å². The Morgan fingerprint density at radius 1 is 1.50 bits per heavy atom. The molecular weight excluding hydrogens is 270 g/mol. The second-order valence-corrected chi connectivity index (χ2v) is 4.77. The van der Waals surface area contributed by atoms with Gasteiger partial charge in [-0.25, -0.2) is 0 Å². The van der Waals surface area contributed by atoms with E-state index in [-0.39, 0.29) is 11.9 Å². The zero-order valence-corrected chi connectivity index (χ0v) is 11.3. The molecule has 3 nitrogen and oxygen atoms in total. The summed E-state index contributed by atoms with van der Waals surface area (Å²) in [7, 11) is 1.60. The van der Waals surface area contributed by atoms with E-state index >= 15 is 0 Å². The zero-order chi connectivity index (χ0) is 12.1. The molecule has 1 N–H and O–H groups in total. The van der Waals surface area contributed by atoms with E-state index in [4.69, 9.17) is 4.74 Å². The van der Waals surface area contributed by atoms with Crippen molar-refractivity contribution in [3.8, 4) is 5.75 Å². The fourth-order valence-electron chi connectivity index (χ4n) is 1.41. The van der Waals surface area contributed by atoms with Crippen LogP contribution < -0.4 is 10.1 Å². The van der Waals surface area contributed by atoms with Crippen molar-refractivity contribution in [2.24, 2.45) is 0 Å². The number of nitrogens with one attached hydrogen (secondary N) is 1. The molecule has 0 radical (unpaired) electrons. The van der Waals surface area contributed by atoms with Gasteiger partial charge in [0, 0.05) is 16.1 Å². The SMILES string of the molecule is COc1cc(Br)ccc1CC(=O)NC(C)C. The van der Waals surface area contributed by atoms with Crippen LogP contribution in [-0.2, 0) is 11.2 Å². The Hall–Kier alpha value is -1.03. The fraction of sp³-hybridized carbons (Fsp3) is 0.417. The Labute approximate surface area is 104 Å². The van der Waals surface area contributed by atoms with Gasteiger partial charge in [0.1, 0.15) is 5.75 Å². The van der Waals surface area contributed by atoms with Gasteiger partial charge in [0.15, 0.2) is 0 Å². The highest BCUT2D eigenvalue weighted by molar-refractivity contribution is 9.10. The van der Waals surface area contributed by atoms with Crippen LogP contribution in [0.4, 0.5) is 0 Å². The molecule has 0 spiro atoms. The van der Waals surface area contributed by atoms with E-state index in [2.05, 4.69) is 21.2 Å². The summed E-state index contributed by atoms with van der Waals surface area (Å²) < 4.78 is 6.16. The topological polar surface area (TPSA) is 38.3 Å². The summed E-state index contributed by atoms with van der Waals surface area (Å²) in [5.41, 5.74) is 0.892. The average molecular weight is 286 g/mol. The number of methoxy groups -OCH3 is 1. The number of amides is 1. The summed E-state index contributed by atoms with van der Waals surface area (Å²) in [6.07, 6.45) is 0.342. The molecule has 1 rings (SSSR count). The van der Waals surface area contributed by atoms with E-state index in [0.717, 1.165) is 15.8 Å². The quantitative estimate of drug-likeness (QED) is 0.923. The summed E-state index contributed by atoms with van der Waals surface area (Å²) in [6.45, 7) is 3.88. The maximum Gasteiger partial charge on any atom is 0.224 e. The molecule has 1 aromatic rings. The minimum absolute atomic E-state index is 0.00984. The van der Waals surface area contributed by atoms with Crippen molar-refractivity contribution in [3.05, 3.63) is 28.2 Å². The predicted molar refractivity (Wildman–Crippen MR) is 67.7 cm³/mol. The molecule has 0 aromatic heterocycles. The molecule has 16 heavy (non-hydrogen) atoms. The molecule has 0 aliphatic carbocycles. The number of benzene rings is 1. The lowest BCUT2D eigenvalue weighted by molar-refractivity contribution is -0.120. The third kappa shape index (κ3) is 3.85. The molecule has 0 unspecified atom stereocenters. The molecular formula is C12H16BrNO2. The summed E-state index contributed by atoms with van der Waals surface area (Å²) in [6, 6.07) is 5.82. The van der Waals surface area contributed by atoms with Crippen LogP contribution in [0.3, 0.4) is 0 Å². The second kappa shape index (κ2) is 5.89. The van der Waals surface area contributed by atoms with Crippen molar-refractivity contribution in [1.82, 2.24) is 5.32 Å². The van der Waals surface area contributed by atoms with Gasteiger partial charge < -0.3 is 10.1 Å². The van der Waals surface area contributed by atoms with E-state index < -0.39 is 0 Å². The standard InChI is InChI=1S/C12H16BrNO2/c1-8(2)14-12(15)6-9-4-5-10(13)7-11(9)16-3/h4-5,7-8H,6H2,1-3H3,(H,14,15). The van der Waals surface area contributed by atoms with Crippen molar-refractivity contribution >= 4 is 21.8 Å². The van der Waals surface area contributed by atoms with Crippen LogP contribution in [0.15, 0.2) is 22.7 Å². The molecule has 0 aliphatic heterocycles. The lowest BCUT2D eigenvalue weighted by atomic mass is 10.1. The van der Waals surface area contributed by atoms with Crippen molar-refractivity contribution in [1.29, 1.82) is 0 Å². The molecule has 88 valence electrons. The first kappa shape index (κ1) is 13.0. The van der Waals surface area contributed by atoms with Crippen LogP contribution in [0.2, 0.25) is 0 Å². The predicted octanol–water partition coefficient (Wildman–Crippen LogP) is 2.52. The third-order valence-corrected chi connectivity index (χ3v) is 2.54. The smallest absolute Gasteiger partial charge is 0.224 e. The number of ether oxygens (including phenoxy) is 1. The summed E-state index contributed by atoms with van der Waals surface area (Å²) in [5.74, 6) is 0.740. The molecule has 0 saturated heterocycles. The van der Waals surface area contributed by atoms with Gasteiger partial charge in [-0.2, -0.15) is 0 Å². The summed E-state index contributed by atoms with van der Waals surface area (Å²) in [5, 5.41) is 2.85. The normalized spacial score (nSPS) is 10.3. The highest BCUT2D eigenvalue weighted by atomic mass is 79.9. The highest BCUT2D eigenvalue weighted by Gasteiger charge is 2.09. The van der Waals surface area contributed by atoms with Crippen LogP contribution in [0.25, 0.3) is 0 Å². The first-order chi connectivity index (χ1) is 7.52. The molecule has 1 aromatic carbocycles. The Kier molecular flexibility index (Phi) is 4.80. The molecule has 1 amide bonds. The van der Waals surface area contributed by atoms with Crippen LogP contribution in [0.1, 0.15) is 19.4 Å². The van der Waals surface area contributed by atoms with Crippen molar-refractivity contribution in [2.45, 2.75) is 26.3 Å². The van der Waals surface area contributed by atoms with Gasteiger partial charge in [-0.3, -0.25) is 4.79 Å². The van der Waals surface area contributed by atoms with Gasteiger partial charge in [-0.15, -0.1) is 0 Å². The molecule has 0 saturated carbocycles. The first-order valence-electron chi connectivity index (χ1n) is 5.14. The zero-order valence-electron chi connectivity index (χ0n) is 9.71. The minimum Gasteiger partial charge on any atom is -0.496 e. The van der Waals surface area contributed by atoms with E-state index in [0.29, 0.717) is 6.42 Å². The Bertz CT molecular complexity index is 377. The van der Waals surface area contributed by atoms with E-state index in [9.17, 15) is 4.79 Å². The molecule has 0 fully saturated rings. The largest absolute Gasteiger partial charge is 0.496 e. The maximum atomic E-state index is 11.6. The second-order valence-electron chi connectivity index (χ2n) is 3.86. The first-order valence-corrected chi connectivity index (χ1v) is 5.94. The summed E-state index contributed by atoms with van der Waals surface area (Å²) in [4.78, 5) is 11.6. The van der Waals surface area contributed by atoms with E-state index in [1.54, 1.807) is 7.11 Å². The van der Waals surface area contributed by atoms with Gasteiger partial charge in [0.2, 0.25) is 5.91 Å². The van der Waals surface area contributed by atoms with Gasteiger partial charge in [-0.05, 0) is 26.0 Å². The number of hydrogen-bond donors (Lipinski definition) is 1. The van der Waals surface area contributed by atoms with Gasteiger partial charge in [0.25, 0.3) is 0 Å². The van der Waals surface area contributed by atoms with Gasteiger partial charge >= 0.3 is 0 Å².